The van der Waals surface area contributed by atoms with Gasteiger partial charge in [-0.3, -0.25) is 0 Å². The van der Waals surface area contributed by atoms with Crippen LogP contribution in [0.4, 0.5) is 0 Å². The number of rotatable bonds is 0. The van der Waals surface area contributed by atoms with E-state index in [2.05, 4.69) is 24.4 Å². The molecule has 11 heavy (non-hydrogen) atoms. The summed E-state index contributed by atoms with van der Waals surface area (Å²) in [5, 5.41) is 3.40. The molecule has 4 unspecified atom stereocenters. The fourth-order valence-electron chi connectivity index (χ4n) is 2.77. The summed E-state index contributed by atoms with van der Waals surface area (Å²) < 4.78 is 5.92. The quantitative estimate of drug-likeness (QED) is 0.510. The second kappa shape index (κ2) is 1.70. The predicted octanol–water partition coefficient (Wildman–Crippen LogP) is 0.549. The molecule has 0 aromatic carbocycles. The smallest absolute Gasteiger partial charge is 0.104 e. The van der Waals surface area contributed by atoms with E-state index < -0.39 is 0 Å². The van der Waals surface area contributed by atoms with Crippen LogP contribution < -0.4 is 5.32 Å². The van der Waals surface area contributed by atoms with Crippen LogP contribution in [0.1, 0.15) is 6.92 Å². The average molecular weight is 151 g/mol. The van der Waals surface area contributed by atoms with Crippen LogP contribution in [0.3, 0.4) is 0 Å². The Morgan fingerprint density at radius 1 is 1.64 bits per heavy atom. The first-order chi connectivity index (χ1) is 5.32. The molecular weight excluding hydrogens is 138 g/mol. The molecule has 0 aliphatic carbocycles. The van der Waals surface area contributed by atoms with E-state index in [1.165, 1.54) is 0 Å². The summed E-state index contributed by atoms with van der Waals surface area (Å²) in [6.07, 6.45) is 4.92. The monoisotopic (exact) mass is 151 g/mol. The molecule has 0 aromatic rings. The predicted molar refractivity (Wildman–Crippen MR) is 42.3 cm³/mol. The maximum Gasteiger partial charge on any atom is 0.104 e. The van der Waals surface area contributed by atoms with Gasteiger partial charge in [0.2, 0.25) is 0 Å². The zero-order chi connectivity index (χ0) is 7.47. The molecule has 0 aromatic heterocycles. The van der Waals surface area contributed by atoms with Gasteiger partial charge in [-0.25, -0.2) is 0 Å². The van der Waals surface area contributed by atoms with E-state index in [0.29, 0.717) is 6.10 Å². The van der Waals surface area contributed by atoms with E-state index in [4.69, 9.17) is 4.74 Å². The standard InChI is InChI=1S/C9H13NO/c1-6-7-4-10-5-9(7)3-2-8(6)11-9/h2-3,6-8,10H,4-5H2,1H3. The lowest BCUT2D eigenvalue weighted by atomic mass is 9.79. The van der Waals surface area contributed by atoms with Crippen molar-refractivity contribution < 1.29 is 4.74 Å². The summed E-state index contributed by atoms with van der Waals surface area (Å²) in [6, 6.07) is 0. The summed E-state index contributed by atoms with van der Waals surface area (Å²) >= 11 is 0. The Balaban J connectivity index is 2.07. The lowest BCUT2D eigenvalue weighted by Crippen LogP contribution is -2.33. The molecule has 2 bridgehead atoms. The van der Waals surface area contributed by atoms with Crippen LogP contribution in [-0.2, 0) is 4.74 Å². The van der Waals surface area contributed by atoms with Gasteiger partial charge in [-0.15, -0.1) is 0 Å². The van der Waals surface area contributed by atoms with Crippen molar-refractivity contribution in [2.75, 3.05) is 13.1 Å². The third-order valence-corrected chi connectivity index (χ3v) is 3.47. The van der Waals surface area contributed by atoms with Crippen molar-refractivity contribution in [1.29, 1.82) is 0 Å². The largest absolute Gasteiger partial charge is 0.362 e. The van der Waals surface area contributed by atoms with Crippen molar-refractivity contribution in [3.8, 4) is 0 Å². The zero-order valence-electron chi connectivity index (χ0n) is 6.71. The van der Waals surface area contributed by atoms with Crippen molar-refractivity contribution in [2.24, 2.45) is 11.8 Å². The second-order valence-corrected chi connectivity index (χ2v) is 3.99. The number of hydrogen-bond acceptors (Lipinski definition) is 2. The van der Waals surface area contributed by atoms with Gasteiger partial charge in [-0.1, -0.05) is 19.1 Å². The number of nitrogens with one attached hydrogen (secondary N) is 1. The molecule has 3 rings (SSSR count). The van der Waals surface area contributed by atoms with Crippen molar-refractivity contribution in [3.63, 3.8) is 0 Å². The van der Waals surface area contributed by atoms with Crippen molar-refractivity contribution in [2.45, 2.75) is 18.6 Å². The van der Waals surface area contributed by atoms with Gasteiger partial charge in [0.25, 0.3) is 0 Å². The summed E-state index contributed by atoms with van der Waals surface area (Å²) in [5.41, 5.74) is 0.101. The highest BCUT2D eigenvalue weighted by atomic mass is 16.5. The van der Waals surface area contributed by atoms with Gasteiger partial charge in [0, 0.05) is 19.0 Å². The second-order valence-electron chi connectivity index (χ2n) is 3.99. The van der Waals surface area contributed by atoms with Crippen LogP contribution in [0, 0.1) is 11.8 Å². The highest BCUT2D eigenvalue weighted by Gasteiger charge is 2.56. The molecule has 2 heteroatoms. The molecule has 3 aliphatic rings. The molecule has 60 valence electrons. The first-order valence-electron chi connectivity index (χ1n) is 4.40. The normalized spacial score (nSPS) is 58.8. The molecule has 2 saturated heterocycles. The molecule has 0 amide bonds. The zero-order valence-corrected chi connectivity index (χ0v) is 6.71. The first-order valence-corrected chi connectivity index (χ1v) is 4.40. The summed E-state index contributed by atoms with van der Waals surface area (Å²) in [5.74, 6) is 1.45. The minimum Gasteiger partial charge on any atom is -0.362 e. The molecular formula is C9H13NO. The van der Waals surface area contributed by atoms with Crippen LogP contribution in [-0.4, -0.2) is 24.8 Å². The highest BCUT2D eigenvalue weighted by Crippen LogP contribution is 2.48. The number of hydrogen-bond donors (Lipinski definition) is 1. The van der Waals surface area contributed by atoms with Crippen molar-refractivity contribution in [3.05, 3.63) is 12.2 Å². The molecule has 1 N–H and O–H groups in total. The molecule has 0 radical (unpaired) electrons. The van der Waals surface area contributed by atoms with Gasteiger partial charge in [0.1, 0.15) is 5.60 Å². The van der Waals surface area contributed by atoms with Gasteiger partial charge in [-0.2, -0.15) is 0 Å². The van der Waals surface area contributed by atoms with E-state index in [0.717, 1.165) is 24.9 Å². The lowest BCUT2D eigenvalue weighted by Gasteiger charge is -2.23. The Labute approximate surface area is 66.6 Å². The minimum absolute atomic E-state index is 0.101. The van der Waals surface area contributed by atoms with Gasteiger partial charge >= 0.3 is 0 Å². The molecule has 1 spiro atoms. The van der Waals surface area contributed by atoms with E-state index in [9.17, 15) is 0 Å². The van der Waals surface area contributed by atoms with Crippen LogP contribution in [0.25, 0.3) is 0 Å². The van der Waals surface area contributed by atoms with Gasteiger partial charge in [0.05, 0.1) is 6.10 Å². The fourth-order valence-corrected chi connectivity index (χ4v) is 2.77. The van der Waals surface area contributed by atoms with Crippen molar-refractivity contribution >= 4 is 0 Å². The number of fused-ring (bicyclic) bond motifs is 1. The van der Waals surface area contributed by atoms with Crippen LogP contribution in [0.5, 0.6) is 0 Å². The molecule has 2 fully saturated rings. The summed E-state index contributed by atoms with van der Waals surface area (Å²) in [7, 11) is 0. The van der Waals surface area contributed by atoms with Crippen LogP contribution >= 0.6 is 0 Å². The van der Waals surface area contributed by atoms with E-state index in [-0.39, 0.29) is 5.60 Å². The van der Waals surface area contributed by atoms with Gasteiger partial charge < -0.3 is 10.1 Å². The lowest BCUT2D eigenvalue weighted by molar-refractivity contribution is 0.0313. The SMILES string of the molecule is CC1C2C=CC3(CNCC13)O2. The molecule has 0 saturated carbocycles. The first kappa shape index (κ1) is 6.21. The molecule has 3 aliphatic heterocycles. The van der Waals surface area contributed by atoms with Gasteiger partial charge in [-0.05, 0) is 5.92 Å². The van der Waals surface area contributed by atoms with E-state index in [1.54, 1.807) is 0 Å². The Morgan fingerprint density at radius 3 is 3.36 bits per heavy atom. The van der Waals surface area contributed by atoms with E-state index in [1.807, 2.05) is 0 Å². The molecule has 4 atom stereocenters. The Hall–Kier alpha value is -0.340. The highest BCUT2D eigenvalue weighted by molar-refractivity contribution is 5.25. The van der Waals surface area contributed by atoms with Gasteiger partial charge in [0.15, 0.2) is 0 Å². The Bertz CT molecular complexity index is 226. The fraction of sp³-hybridized carbons (Fsp3) is 0.778. The molecule has 3 heterocycles. The van der Waals surface area contributed by atoms with E-state index >= 15 is 0 Å². The number of ether oxygens (including phenoxy) is 1. The topological polar surface area (TPSA) is 21.3 Å². The third-order valence-electron chi connectivity index (χ3n) is 3.47. The van der Waals surface area contributed by atoms with Crippen LogP contribution in [0.2, 0.25) is 0 Å². The Morgan fingerprint density at radius 2 is 2.55 bits per heavy atom. The summed E-state index contributed by atoms with van der Waals surface area (Å²) in [4.78, 5) is 0. The van der Waals surface area contributed by atoms with Crippen molar-refractivity contribution in [1.82, 2.24) is 5.32 Å². The maximum atomic E-state index is 5.92. The summed E-state index contributed by atoms with van der Waals surface area (Å²) in [6.45, 7) is 4.46. The average Bonchev–Trinajstić information content (AvgIpc) is 2.61. The molecule has 2 nitrogen and oxygen atoms in total. The Kier molecular flexibility index (Phi) is 0.958. The van der Waals surface area contributed by atoms with Crippen LogP contribution in [0.15, 0.2) is 12.2 Å². The minimum atomic E-state index is 0.101. The maximum absolute atomic E-state index is 5.92. The third kappa shape index (κ3) is 0.565.